The van der Waals surface area contributed by atoms with E-state index in [1.54, 1.807) is 0 Å². The largest absolute Gasteiger partial charge is 0.480 e. The van der Waals surface area contributed by atoms with Gasteiger partial charge in [0, 0.05) is 7.05 Å². The van der Waals surface area contributed by atoms with E-state index >= 15 is 0 Å². The molecular weight excluding hydrogens is 304 g/mol. The first-order valence-electron chi connectivity index (χ1n) is 5.83. The summed E-state index contributed by atoms with van der Waals surface area (Å²) >= 11 is 5.69. The molecule has 0 fully saturated rings. The molecule has 0 radical (unpaired) electrons. The smallest absolute Gasteiger partial charge is 0.332 e. The molecule has 10 heteroatoms. The highest BCUT2D eigenvalue weighted by atomic mass is 35.5. The number of halogens is 1. The van der Waals surface area contributed by atoms with Crippen molar-refractivity contribution < 1.29 is 19.9 Å². The zero-order valence-electron chi connectivity index (χ0n) is 11.9. The molecule has 0 saturated carbocycles. The molecule has 0 aromatic carbocycles. The number of hydrogen-bond acceptors (Lipinski definition) is 7. The van der Waals surface area contributed by atoms with Crippen molar-refractivity contribution in [1.82, 2.24) is 9.97 Å². The molecule has 1 unspecified atom stereocenters. The molecule has 0 spiro atoms. The Bertz CT molecular complexity index is 587. The molecule has 0 saturated heterocycles. The summed E-state index contributed by atoms with van der Waals surface area (Å²) in [5.41, 5.74) is -2.13. The Balaban J connectivity index is 3.51. The number of aryl methyl sites for hydroxylation is 1. The van der Waals surface area contributed by atoms with Gasteiger partial charge in [-0.15, -0.1) is 0 Å². The molecule has 0 amide bonds. The Morgan fingerprint density at radius 1 is 1.48 bits per heavy atom. The summed E-state index contributed by atoms with van der Waals surface area (Å²) in [6.07, 6.45) is 0. The third-order valence-corrected chi connectivity index (χ3v) is 2.99. The van der Waals surface area contributed by atoms with Gasteiger partial charge in [-0.25, -0.2) is 9.78 Å². The number of nitrogens with zero attached hydrogens (tertiary/aromatic N) is 4. The van der Waals surface area contributed by atoms with Crippen molar-refractivity contribution in [3.05, 3.63) is 21.1 Å². The SMILES string of the molecule is Cc1nc(Cl)nc(N(C)C(C(=O)O)C(C)(C)O)c1[N+](=O)[O-]. The number of carboxylic acids is 1. The Labute approximate surface area is 125 Å². The minimum absolute atomic E-state index is 0.00161. The van der Waals surface area contributed by atoms with Gasteiger partial charge in [0.2, 0.25) is 11.1 Å². The second kappa shape index (κ2) is 5.78. The molecule has 1 rings (SSSR count). The van der Waals surface area contributed by atoms with E-state index in [2.05, 4.69) is 9.97 Å². The summed E-state index contributed by atoms with van der Waals surface area (Å²) in [5, 5.41) is 30.1. The van der Waals surface area contributed by atoms with Crippen molar-refractivity contribution in [3.63, 3.8) is 0 Å². The normalized spacial score (nSPS) is 12.9. The monoisotopic (exact) mass is 318 g/mol. The molecule has 0 aliphatic heterocycles. The number of aromatic nitrogens is 2. The minimum atomic E-state index is -1.67. The quantitative estimate of drug-likeness (QED) is 0.467. The molecule has 1 aromatic rings. The van der Waals surface area contributed by atoms with Crippen molar-refractivity contribution in [2.45, 2.75) is 32.4 Å². The average molecular weight is 319 g/mol. The topological polar surface area (TPSA) is 130 Å². The molecule has 116 valence electrons. The highest BCUT2D eigenvalue weighted by molar-refractivity contribution is 6.28. The van der Waals surface area contributed by atoms with Crippen LogP contribution in [0.3, 0.4) is 0 Å². The summed E-state index contributed by atoms with van der Waals surface area (Å²) in [4.78, 5) is 30.2. The van der Waals surface area contributed by atoms with Crippen LogP contribution in [-0.4, -0.2) is 49.8 Å². The van der Waals surface area contributed by atoms with E-state index in [1.807, 2.05) is 0 Å². The van der Waals surface area contributed by atoms with Gasteiger partial charge in [0.1, 0.15) is 5.69 Å². The van der Waals surface area contributed by atoms with Crippen LogP contribution in [0.25, 0.3) is 0 Å². The van der Waals surface area contributed by atoms with Crippen LogP contribution < -0.4 is 4.90 Å². The van der Waals surface area contributed by atoms with Gasteiger partial charge in [-0.05, 0) is 32.4 Å². The maximum absolute atomic E-state index is 11.4. The lowest BCUT2D eigenvalue weighted by Crippen LogP contribution is -2.53. The van der Waals surface area contributed by atoms with Gasteiger partial charge in [0.15, 0.2) is 6.04 Å². The lowest BCUT2D eigenvalue weighted by Gasteiger charge is -2.33. The second-order valence-corrected chi connectivity index (χ2v) is 5.35. The first-order valence-corrected chi connectivity index (χ1v) is 6.21. The Morgan fingerprint density at radius 2 is 2.00 bits per heavy atom. The van der Waals surface area contributed by atoms with E-state index in [-0.39, 0.29) is 16.8 Å². The van der Waals surface area contributed by atoms with Crippen LogP contribution in [0.1, 0.15) is 19.5 Å². The molecular formula is C11H15ClN4O5. The summed E-state index contributed by atoms with van der Waals surface area (Å²) in [5.74, 6) is -1.63. The average Bonchev–Trinajstić information content (AvgIpc) is 2.24. The highest BCUT2D eigenvalue weighted by Gasteiger charge is 2.40. The molecule has 9 nitrogen and oxygen atoms in total. The molecule has 1 heterocycles. The molecule has 0 aliphatic carbocycles. The maximum Gasteiger partial charge on any atom is 0.332 e. The summed E-state index contributed by atoms with van der Waals surface area (Å²) < 4.78 is 0. The molecule has 0 aliphatic rings. The first-order chi connectivity index (χ1) is 9.46. The minimum Gasteiger partial charge on any atom is -0.480 e. The predicted octanol–water partition coefficient (Wildman–Crippen LogP) is 1.01. The van der Waals surface area contributed by atoms with E-state index in [9.17, 15) is 25.1 Å². The molecule has 1 aromatic heterocycles. The zero-order valence-corrected chi connectivity index (χ0v) is 12.6. The molecule has 2 N–H and O–H groups in total. The van der Waals surface area contributed by atoms with Crippen molar-refractivity contribution in [2.24, 2.45) is 0 Å². The Hall–Kier alpha value is -2.00. The van der Waals surface area contributed by atoms with Crippen molar-refractivity contribution >= 4 is 29.1 Å². The summed E-state index contributed by atoms with van der Waals surface area (Å²) in [6.45, 7) is 3.93. The number of anilines is 1. The van der Waals surface area contributed by atoms with E-state index in [1.165, 1.54) is 27.8 Å². The van der Waals surface area contributed by atoms with Gasteiger partial charge in [-0.1, -0.05) is 0 Å². The number of carbonyl (C=O) groups is 1. The number of nitro groups is 1. The maximum atomic E-state index is 11.4. The van der Waals surface area contributed by atoms with E-state index < -0.39 is 28.2 Å². The number of likely N-dealkylation sites (N-methyl/N-ethyl adjacent to an activating group) is 1. The number of hydrogen-bond donors (Lipinski definition) is 2. The predicted molar refractivity (Wildman–Crippen MR) is 74.6 cm³/mol. The standard InChI is InChI=1S/C11H15ClN4O5/c1-5-6(16(20)21)8(14-10(12)13-5)15(4)7(9(17)18)11(2,3)19/h7,19H,1-4H3,(H,17,18). The third-order valence-electron chi connectivity index (χ3n) is 2.82. The lowest BCUT2D eigenvalue weighted by molar-refractivity contribution is -0.385. The number of rotatable bonds is 5. The fourth-order valence-electron chi connectivity index (χ4n) is 2.04. The van der Waals surface area contributed by atoms with Crippen LogP contribution in [0.5, 0.6) is 0 Å². The van der Waals surface area contributed by atoms with Crippen molar-refractivity contribution in [3.8, 4) is 0 Å². The van der Waals surface area contributed by atoms with Crippen LogP contribution in [0.15, 0.2) is 0 Å². The van der Waals surface area contributed by atoms with Gasteiger partial charge in [0.05, 0.1) is 10.5 Å². The van der Waals surface area contributed by atoms with Gasteiger partial charge >= 0.3 is 11.7 Å². The Morgan fingerprint density at radius 3 is 2.38 bits per heavy atom. The first kappa shape index (κ1) is 17.1. The number of carboxylic acid groups (broad SMARTS) is 1. The van der Waals surface area contributed by atoms with Gasteiger partial charge < -0.3 is 15.1 Å². The Kier molecular flexibility index (Phi) is 4.69. The summed E-state index contributed by atoms with van der Waals surface area (Å²) in [7, 11) is 1.28. The zero-order chi connectivity index (χ0) is 16.5. The molecule has 0 bridgehead atoms. The van der Waals surface area contributed by atoms with Crippen LogP contribution in [0.4, 0.5) is 11.5 Å². The highest BCUT2D eigenvalue weighted by Crippen LogP contribution is 2.32. The fraction of sp³-hybridized carbons (Fsp3) is 0.545. The van der Waals surface area contributed by atoms with Crippen LogP contribution in [0.2, 0.25) is 5.28 Å². The van der Waals surface area contributed by atoms with E-state index in [0.29, 0.717) is 0 Å². The molecule has 21 heavy (non-hydrogen) atoms. The van der Waals surface area contributed by atoms with Crippen LogP contribution in [-0.2, 0) is 4.79 Å². The summed E-state index contributed by atoms with van der Waals surface area (Å²) in [6, 6.07) is -1.46. The number of aliphatic hydroxyl groups is 1. The lowest BCUT2D eigenvalue weighted by atomic mass is 9.97. The van der Waals surface area contributed by atoms with Gasteiger partial charge in [0.25, 0.3) is 0 Å². The van der Waals surface area contributed by atoms with E-state index in [4.69, 9.17) is 11.6 Å². The van der Waals surface area contributed by atoms with Crippen molar-refractivity contribution in [2.75, 3.05) is 11.9 Å². The molecule has 1 atom stereocenters. The third kappa shape index (κ3) is 3.56. The van der Waals surface area contributed by atoms with Gasteiger partial charge in [-0.3, -0.25) is 10.1 Å². The fourth-order valence-corrected chi connectivity index (χ4v) is 2.25. The van der Waals surface area contributed by atoms with Crippen LogP contribution >= 0.6 is 11.6 Å². The number of aliphatic carboxylic acids is 1. The van der Waals surface area contributed by atoms with Gasteiger partial charge in [-0.2, -0.15) is 4.98 Å². The van der Waals surface area contributed by atoms with E-state index in [0.717, 1.165) is 4.90 Å². The second-order valence-electron chi connectivity index (χ2n) is 5.01. The van der Waals surface area contributed by atoms with Crippen molar-refractivity contribution in [1.29, 1.82) is 0 Å². The van der Waals surface area contributed by atoms with Crippen LogP contribution in [0, 0.1) is 17.0 Å².